The number of amides is 1. The van der Waals surface area contributed by atoms with Crippen LogP contribution in [-0.2, 0) is 11.2 Å². The summed E-state index contributed by atoms with van der Waals surface area (Å²) < 4.78 is 0. The molecule has 0 spiro atoms. The van der Waals surface area contributed by atoms with Gasteiger partial charge in [-0.2, -0.15) is 0 Å². The zero-order valence-electron chi connectivity index (χ0n) is 12.2. The molecule has 3 atom stereocenters. The number of hydrogen-bond donors (Lipinski definition) is 1. The van der Waals surface area contributed by atoms with E-state index in [4.69, 9.17) is 5.73 Å². The van der Waals surface area contributed by atoms with Crippen molar-refractivity contribution in [3.63, 3.8) is 0 Å². The third kappa shape index (κ3) is 2.24. The van der Waals surface area contributed by atoms with Crippen LogP contribution in [0.25, 0.3) is 0 Å². The second-order valence-corrected chi connectivity index (χ2v) is 6.19. The van der Waals surface area contributed by atoms with E-state index in [0.29, 0.717) is 18.4 Å². The first kappa shape index (κ1) is 13.6. The van der Waals surface area contributed by atoms with Crippen LogP contribution in [0.5, 0.6) is 0 Å². The SMILES string of the molecule is CC1c2ccccc2CCN1C(=O)[C@@H]1CCC[C@@H]1CN. The van der Waals surface area contributed by atoms with Crippen molar-refractivity contribution in [1.82, 2.24) is 4.90 Å². The van der Waals surface area contributed by atoms with Gasteiger partial charge in [0.1, 0.15) is 0 Å². The zero-order chi connectivity index (χ0) is 14.1. The quantitative estimate of drug-likeness (QED) is 0.899. The van der Waals surface area contributed by atoms with E-state index in [0.717, 1.165) is 32.2 Å². The Morgan fingerprint density at radius 1 is 1.35 bits per heavy atom. The molecule has 1 aliphatic heterocycles. The average Bonchev–Trinajstić information content (AvgIpc) is 2.96. The van der Waals surface area contributed by atoms with Crippen molar-refractivity contribution in [3.8, 4) is 0 Å². The molecule has 1 aliphatic carbocycles. The maximum absolute atomic E-state index is 12.9. The number of fused-ring (bicyclic) bond motifs is 1. The summed E-state index contributed by atoms with van der Waals surface area (Å²) in [4.78, 5) is 14.9. The molecular formula is C17H24N2O. The van der Waals surface area contributed by atoms with E-state index in [1.807, 2.05) is 0 Å². The van der Waals surface area contributed by atoms with Crippen LogP contribution in [0.3, 0.4) is 0 Å². The lowest BCUT2D eigenvalue weighted by atomic mass is 9.89. The van der Waals surface area contributed by atoms with E-state index in [1.54, 1.807) is 0 Å². The summed E-state index contributed by atoms with van der Waals surface area (Å²) in [6, 6.07) is 8.71. The number of rotatable bonds is 2. The summed E-state index contributed by atoms with van der Waals surface area (Å²) >= 11 is 0. The fourth-order valence-corrected chi connectivity index (χ4v) is 3.93. The largest absolute Gasteiger partial charge is 0.335 e. The fraction of sp³-hybridized carbons (Fsp3) is 0.588. The van der Waals surface area contributed by atoms with Gasteiger partial charge in [0.25, 0.3) is 0 Å². The third-order valence-corrected chi connectivity index (χ3v) is 5.16. The number of carbonyl (C=O) groups excluding carboxylic acids is 1. The average molecular weight is 272 g/mol. The van der Waals surface area contributed by atoms with Gasteiger partial charge in [0, 0.05) is 12.5 Å². The van der Waals surface area contributed by atoms with Crippen molar-refractivity contribution < 1.29 is 4.79 Å². The molecule has 1 aromatic carbocycles. The molecule has 3 nitrogen and oxygen atoms in total. The molecule has 1 saturated carbocycles. The summed E-state index contributed by atoms with van der Waals surface area (Å²) in [5.41, 5.74) is 8.54. The monoisotopic (exact) mass is 272 g/mol. The molecule has 1 amide bonds. The smallest absolute Gasteiger partial charge is 0.226 e. The minimum atomic E-state index is 0.160. The van der Waals surface area contributed by atoms with E-state index < -0.39 is 0 Å². The molecule has 1 aromatic rings. The molecule has 2 aliphatic rings. The first-order valence-corrected chi connectivity index (χ1v) is 7.80. The second-order valence-electron chi connectivity index (χ2n) is 6.19. The van der Waals surface area contributed by atoms with Crippen LogP contribution in [0.2, 0.25) is 0 Å². The molecule has 108 valence electrons. The Labute approximate surface area is 121 Å². The molecule has 1 unspecified atom stereocenters. The van der Waals surface area contributed by atoms with Crippen LogP contribution >= 0.6 is 0 Å². The predicted octanol–water partition coefficient (Wildman–Crippen LogP) is 2.51. The lowest BCUT2D eigenvalue weighted by molar-refractivity contribution is -0.139. The Bertz CT molecular complexity index is 500. The van der Waals surface area contributed by atoms with Crippen LogP contribution in [0.1, 0.15) is 43.4 Å². The predicted molar refractivity (Wildman–Crippen MR) is 80.2 cm³/mol. The molecule has 1 fully saturated rings. The standard InChI is InChI=1S/C17H24N2O/c1-12-15-7-3-2-5-13(15)9-10-19(12)17(20)16-8-4-6-14(16)11-18/h2-3,5,7,12,14,16H,4,6,8-11,18H2,1H3/t12?,14-,16-/m1/s1. The number of benzene rings is 1. The van der Waals surface area contributed by atoms with E-state index in [9.17, 15) is 4.79 Å². The van der Waals surface area contributed by atoms with Gasteiger partial charge in [0.05, 0.1) is 6.04 Å². The lowest BCUT2D eigenvalue weighted by Gasteiger charge is -2.37. The maximum atomic E-state index is 12.9. The minimum absolute atomic E-state index is 0.160. The van der Waals surface area contributed by atoms with E-state index in [2.05, 4.69) is 36.1 Å². The molecule has 3 heteroatoms. The van der Waals surface area contributed by atoms with E-state index in [1.165, 1.54) is 11.1 Å². The highest BCUT2D eigenvalue weighted by Crippen LogP contribution is 2.36. The van der Waals surface area contributed by atoms with Gasteiger partial charge >= 0.3 is 0 Å². The summed E-state index contributed by atoms with van der Waals surface area (Å²) in [5, 5.41) is 0. The fourth-order valence-electron chi connectivity index (χ4n) is 3.93. The van der Waals surface area contributed by atoms with Gasteiger partial charge in [-0.15, -0.1) is 0 Å². The van der Waals surface area contributed by atoms with Crippen molar-refractivity contribution >= 4 is 5.91 Å². The minimum Gasteiger partial charge on any atom is -0.335 e. The van der Waals surface area contributed by atoms with Crippen molar-refractivity contribution in [2.45, 2.75) is 38.6 Å². The molecule has 0 aromatic heterocycles. The number of carbonyl (C=O) groups is 1. The second kappa shape index (κ2) is 5.57. The van der Waals surface area contributed by atoms with Crippen LogP contribution in [-0.4, -0.2) is 23.9 Å². The van der Waals surface area contributed by atoms with Crippen molar-refractivity contribution in [1.29, 1.82) is 0 Å². The van der Waals surface area contributed by atoms with Gasteiger partial charge in [0.15, 0.2) is 0 Å². The van der Waals surface area contributed by atoms with Gasteiger partial charge < -0.3 is 10.6 Å². The number of nitrogens with two attached hydrogens (primary N) is 1. The molecule has 3 rings (SSSR count). The Balaban J connectivity index is 1.80. The Kier molecular flexibility index (Phi) is 3.79. The first-order valence-electron chi connectivity index (χ1n) is 7.80. The highest BCUT2D eigenvalue weighted by Gasteiger charge is 2.37. The van der Waals surface area contributed by atoms with Crippen LogP contribution in [0, 0.1) is 11.8 Å². The van der Waals surface area contributed by atoms with Crippen molar-refractivity contribution in [2.24, 2.45) is 17.6 Å². The van der Waals surface area contributed by atoms with Gasteiger partial charge in [-0.25, -0.2) is 0 Å². The van der Waals surface area contributed by atoms with Gasteiger partial charge in [-0.05, 0) is 49.8 Å². The summed E-state index contributed by atoms with van der Waals surface area (Å²) in [6.45, 7) is 3.66. The molecule has 1 heterocycles. The van der Waals surface area contributed by atoms with Crippen LogP contribution < -0.4 is 5.73 Å². The zero-order valence-corrected chi connectivity index (χ0v) is 12.2. The van der Waals surface area contributed by atoms with Crippen LogP contribution in [0.15, 0.2) is 24.3 Å². The van der Waals surface area contributed by atoms with Gasteiger partial charge in [0.2, 0.25) is 5.91 Å². The Hall–Kier alpha value is -1.35. The molecule has 0 saturated heterocycles. The maximum Gasteiger partial charge on any atom is 0.226 e. The summed E-state index contributed by atoms with van der Waals surface area (Å²) in [7, 11) is 0. The van der Waals surface area contributed by atoms with Gasteiger partial charge in [-0.1, -0.05) is 30.7 Å². The number of hydrogen-bond acceptors (Lipinski definition) is 2. The molecule has 20 heavy (non-hydrogen) atoms. The normalized spacial score (nSPS) is 29.3. The summed E-state index contributed by atoms with van der Waals surface area (Å²) in [5.74, 6) is 0.888. The summed E-state index contributed by atoms with van der Waals surface area (Å²) in [6.07, 6.45) is 4.26. The number of nitrogens with zero attached hydrogens (tertiary/aromatic N) is 1. The van der Waals surface area contributed by atoms with E-state index in [-0.39, 0.29) is 12.0 Å². The van der Waals surface area contributed by atoms with Gasteiger partial charge in [-0.3, -0.25) is 4.79 Å². The Morgan fingerprint density at radius 3 is 2.95 bits per heavy atom. The third-order valence-electron chi connectivity index (χ3n) is 5.16. The molecule has 2 N–H and O–H groups in total. The molecule has 0 bridgehead atoms. The molecular weight excluding hydrogens is 248 g/mol. The Morgan fingerprint density at radius 2 is 2.15 bits per heavy atom. The molecule has 0 radical (unpaired) electrons. The topological polar surface area (TPSA) is 46.3 Å². The lowest BCUT2D eigenvalue weighted by Crippen LogP contribution is -2.43. The highest BCUT2D eigenvalue weighted by molar-refractivity contribution is 5.80. The van der Waals surface area contributed by atoms with Crippen molar-refractivity contribution in [2.75, 3.05) is 13.1 Å². The van der Waals surface area contributed by atoms with E-state index >= 15 is 0 Å². The van der Waals surface area contributed by atoms with Crippen LogP contribution in [0.4, 0.5) is 0 Å². The highest BCUT2D eigenvalue weighted by atomic mass is 16.2. The first-order chi connectivity index (χ1) is 9.72. The van der Waals surface area contributed by atoms with Crippen molar-refractivity contribution in [3.05, 3.63) is 35.4 Å².